The first-order chi connectivity index (χ1) is 18.4. The number of aryl methyl sites for hydroxylation is 1. The molecule has 1 unspecified atom stereocenters. The van der Waals surface area contributed by atoms with Crippen LogP contribution >= 0.6 is 11.8 Å². The van der Waals surface area contributed by atoms with Crippen molar-refractivity contribution in [2.45, 2.75) is 25.9 Å². The van der Waals surface area contributed by atoms with E-state index in [9.17, 15) is 14.4 Å². The fourth-order valence-corrected chi connectivity index (χ4v) is 4.91. The topological polar surface area (TPSA) is 141 Å². The van der Waals surface area contributed by atoms with E-state index in [1.165, 1.54) is 4.90 Å². The van der Waals surface area contributed by atoms with Gasteiger partial charge in [-0.15, -0.1) is 0 Å². The Hall–Kier alpha value is -4.45. The molecule has 0 spiro atoms. The van der Waals surface area contributed by atoms with Gasteiger partial charge in [0.05, 0.1) is 25.0 Å². The molecule has 3 aromatic rings. The number of amidine groups is 2. The molecule has 3 amide bonds. The molecule has 0 bridgehead atoms. The standard InChI is InChI=1S/C26H25N7O4S/c1-15-11-21(32-31-15)30-23(35)14-38-26-29-18-9-5-4-8-17(18)24-28-19(25(36)33(24)26)12-22(34)27-13-16-7-3-6-10-20(16)37-2/h3-11,19H,12-14H2,1-2H3,(H,27,34)(H2,30,31,32,35). The molecule has 194 valence electrons. The van der Waals surface area contributed by atoms with Crippen molar-refractivity contribution in [1.82, 2.24) is 20.4 Å². The Labute approximate surface area is 222 Å². The largest absolute Gasteiger partial charge is 0.496 e. The van der Waals surface area contributed by atoms with Crippen LogP contribution in [0.15, 0.2) is 64.6 Å². The molecule has 38 heavy (non-hydrogen) atoms. The number of benzene rings is 2. The molecule has 3 heterocycles. The number of rotatable bonds is 8. The Morgan fingerprint density at radius 1 is 1.13 bits per heavy atom. The normalized spacial score (nSPS) is 15.8. The van der Waals surface area contributed by atoms with E-state index < -0.39 is 6.04 Å². The molecular formula is C26H25N7O4S. The monoisotopic (exact) mass is 531 g/mol. The van der Waals surface area contributed by atoms with Crippen molar-refractivity contribution < 1.29 is 19.1 Å². The van der Waals surface area contributed by atoms with Crippen LogP contribution in [0.25, 0.3) is 0 Å². The Morgan fingerprint density at radius 2 is 1.92 bits per heavy atom. The van der Waals surface area contributed by atoms with E-state index in [0.717, 1.165) is 23.0 Å². The molecule has 2 aliphatic heterocycles. The number of nitrogens with one attached hydrogen (secondary N) is 3. The maximum atomic E-state index is 13.4. The number of carbonyl (C=O) groups excluding carboxylic acids is 3. The summed E-state index contributed by atoms with van der Waals surface area (Å²) in [4.78, 5) is 49.3. The van der Waals surface area contributed by atoms with Crippen LogP contribution in [0.1, 0.15) is 23.2 Å². The molecule has 2 aromatic carbocycles. The Kier molecular flexibility index (Phi) is 7.22. The average Bonchev–Trinajstić information content (AvgIpc) is 3.48. The summed E-state index contributed by atoms with van der Waals surface area (Å²) < 4.78 is 5.33. The van der Waals surface area contributed by atoms with Gasteiger partial charge in [0.1, 0.15) is 17.6 Å². The van der Waals surface area contributed by atoms with Crippen LogP contribution in [0.5, 0.6) is 5.75 Å². The number of anilines is 1. The molecule has 11 nitrogen and oxygen atoms in total. The lowest BCUT2D eigenvalue weighted by Crippen LogP contribution is -2.42. The number of H-pyrrole nitrogens is 1. The van der Waals surface area contributed by atoms with Gasteiger partial charge < -0.3 is 15.4 Å². The molecule has 0 saturated carbocycles. The predicted octanol–water partition coefficient (Wildman–Crippen LogP) is 2.76. The third kappa shape index (κ3) is 5.30. The van der Waals surface area contributed by atoms with Gasteiger partial charge in [0, 0.05) is 29.4 Å². The van der Waals surface area contributed by atoms with E-state index >= 15 is 0 Å². The van der Waals surface area contributed by atoms with Gasteiger partial charge in [-0.2, -0.15) is 5.10 Å². The summed E-state index contributed by atoms with van der Waals surface area (Å²) >= 11 is 1.12. The number of aromatic amines is 1. The summed E-state index contributed by atoms with van der Waals surface area (Å²) in [5.74, 6) is 0.553. The summed E-state index contributed by atoms with van der Waals surface area (Å²) in [6, 6.07) is 15.5. The first-order valence-corrected chi connectivity index (χ1v) is 12.8. The number of ether oxygens (including phenoxy) is 1. The number of nitrogens with zero attached hydrogens (tertiary/aromatic N) is 4. The van der Waals surface area contributed by atoms with Crippen molar-refractivity contribution >= 4 is 52.0 Å². The van der Waals surface area contributed by atoms with Gasteiger partial charge in [-0.25, -0.2) is 9.89 Å². The Bertz CT molecular complexity index is 1470. The number of methoxy groups -OCH3 is 1. The average molecular weight is 532 g/mol. The van der Waals surface area contributed by atoms with Gasteiger partial charge in [0.15, 0.2) is 11.0 Å². The van der Waals surface area contributed by atoms with Crippen LogP contribution < -0.4 is 15.4 Å². The third-order valence-electron chi connectivity index (χ3n) is 5.90. The maximum Gasteiger partial charge on any atom is 0.259 e. The van der Waals surface area contributed by atoms with Gasteiger partial charge in [0.25, 0.3) is 5.91 Å². The zero-order chi connectivity index (χ0) is 26.6. The summed E-state index contributed by atoms with van der Waals surface area (Å²) in [6.07, 6.45) is -0.118. The highest BCUT2D eigenvalue weighted by Gasteiger charge is 2.42. The number of aromatic nitrogens is 2. The van der Waals surface area contributed by atoms with Gasteiger partial charge in [-0.1, -0.05) is 42.1 Å². The lowest BCUT2D eigenvalue weighted by molar-refractivity contribution is -0.128. The van der Waals surface area contributed by atoms with Gasteiger partial charge in [-0.3, -0.25) is 24.5 Å². The summed E-state index contributed by atoms with van der Waals surface area (Å²) in [6.45, 7) is 2.10. The number of hydrogen-bond acceptors (Lipinski definition) is 8. The zero-order valence-electron chi connectivity index (χ0n) is 20.7. The second-order valence-corrected chi connectivity index (χ2v) is 9.56. The molecular weight excluding hydrogens is 506 g/mol. The predicted molar refractivity (Wildman–Crippen MR) is 145 cm³/mol. The van der Waals surface area contributed by atoms with Crippen LogP contribution in [0, 0.1) is 6.92 Å². The van der Waals surface area contributed by atoms with E-state index in [-0.39, 0.29) is 36.4 Å². The number of amides is 3. The number of aliphatic imine (C=N–C) groups is 2. The number of para-hydroxylation sites is 2. The van der Waals surface area contributed by atoms with Crippen LogP contribution in [-0.2, 0) is 20.9 Å². The summed E-state index contributed by atoms with van der Waals surface area (Å²) in [5, 5.41) is 12.7. The SMILES string of the molecule is COc1ccccc1CNC(=O)CC1N=C2c3ccccc3N=C(SCC(=O)Nc3cc(C)[nH]n3)N2C1=O. The van der Waals surface area contributed by atoms with Crippen LogP contribution in [0.4, 0.5) is 11.5 Å². The number of carbonyl (C=O) groups is 3. The maximum absolute atomic E-state index is 13.4. The van der Waals surface area contributed by atoms with E-state index in [1.807, 2.05) is 55.5 Å². The molecule has 2 aliphatic rings. The van der Waals surface area contributed by atoms with Gasteiger partial charge >= 0.3 is 0 Å². The first kappa shape index (κ1) is 25.2. The van der Waals surface area contributed by atoms with Crippen molar-refractivity contribution in [3.05, 3.63) is 71.4 Å². The Morgan fingerprint density at radius 3 is 2.71 bits per heavy atom. The minimum atomic E-state index is -0.902. The zero-order valence-corrected chi connectivity index (χ0v) is 21.5. The van der Waals surface area contributed by atoms with Crippen LogP contribution in [0.3, 0.4) is 0 Å². The smallest absolute Gasteiger partial charge is 0.259 e. The van der Waals surface area contributed by atoms with Crippen molar-refractivity contribution in [3.8, 4) is 5.75 Å². The molecule has 3 N–H and O–H groups in total. The lowest BCUT2D eigenvalue weighted by atomic mass is 10.1. The highest BCUT2D eigenvalue weighted by Crippen LogP contribution is 2.34. The second kappa shape index (κ2) is 10.9. The quantitative estimate of drug-likeness (QED) is 0.408. The second-order valence-electron chi connectivity index (χ2n) is 8.62. The fraction of sp³-hybridized carbons (Fsp3) is 0.231. The molecule has 0 aliphatic carbocycles. The number of thioether (sulfide) groups is 1. The molecule has 0 fully saturated rings. The van der Waals surface area contributed by atoms with Crippen molar-refractivity contribution in [1.29, 1.82) is 0 Å². The van der Waals surface area contributed by atoms with Gasteiger partial charge in [-0.05, 0) is 25.1 Å². The highest BCUT2D eigenvalue weighted by molar-refractivity contribution is 8.14. The van der Waals surface area contributed by atoms with Crippen LogP contribution in [0.2, 0.25) is 0 Å². The first-order valence-electron chi connectivity index (χ1n) is 11.9. The molecule has 1 atom stereocenters. The highest BCUT2D eigenvalue weighted by atomic mass is 32.2. The van der Waals surface area contributed by atoms with E-state index in [1.54, 1.807) is 13.2 Å². The molecule has 1 aromatic heterocycles. The minimum absolute atomic E-state index is 0.00797. The van der Waals surface area contributed by atoms with Crippen molar-refractivity contribution in [3.63, 3.8) is 0 Å². The molecule has 0 saturated heterocycles. The minimum Gasteiger partial charge on any atom is -0.496 e. The molecule has 5 rings (SSSR count). The van der Waals surface area contributed by atoms with Crippen molar-refractivity contribution in [2.75, 3.05) is 18.2 Å². The van der Waals surface area contributed by atoms with Gasteiger partial charge in [0.2, 0.25) is 11.8 Å². The third-order valence-corrected chi connectivity index (χ3v) is 6.84. The molecule has 12 heteroatoms. The van der Waals surface area contributed by atoms with E-state index in [2.05, 4.69) is 30.8 Å². The summed E-state index contributed by atoms with van der Waals surface area (Å²) in [7, 11) is 1.57. The molecule has 0 radical (unpaired) electrons. The van der Waals surface area contributed by atoms with Crippen LogP contribution in [-0.4, -0.2) is 62.7 Å². The Balaban J connectivity index is 1.28. The summed E-state index contributed by atoms with van der Waals surface area (Å²) in [5.41, 5.74) is 2.98. The number of hydrogen-bond donors (Lipinski definition) is 3. The van der Waals surface area contributed by atoms with E-state index in [0.29, 0.717) is 33.8 Å². The van der Waals surface area contributed by atoms with Crippen molar-refractivity contribution in [2.24, 2.45) is 9.98 Å². The lowest BCUT2D eigenvalue weighted by Gasteiger charge is -2.25. The number of fused-ring (bicyclic) bond motifs is 3. The van der Waals surface area contributed by atoms with E-state index in [4.69, 9.17) is 4.74 Å². The fourth-order valence-electron chi connectivity index (χ4n) is 4.11.